The molecule has 82 valence electrons. The van der Waals surface area contributed by atoms with E-state index >= 15 is 0 Å². The number of halogens is 3. The first-order chi connectivity index (χ1) is 7.04. The lowest BCUT2D eigenvalue weighted by atomic mass is 10.2. The Morgan fingerprint density at radius 2 is 2.00 bits per heavy atom. The van der Waals surface area contributed by atoms with Gasteiger partial charge in [-0.3, -0.25) is 4.79 Å². The highest BCUT2D eigenvalue weighted by Crippen LogP contribution is 2.28. The molecule has 1 rings (SSSR count). The first-order valence-corrected chi connectivity index (χ1v) is 3.91. The first-order valence-electron chi connectivity index (χ1n) is 3.91. The molecule has 0 saturated heterocycles. The van der Waals surface area contributed by atoms with Crippen LogP contribution in [-0.2, 0) is 0 Å². The fourth-order valence-corrected chi connectivity index (χ4v) is 0.880. The van der Waals surface area contributed by atoms with Crippen molar-refractivity contribution in [3.63, 3.8) is 0 Å². The third-order valence-electron chi connectivity index (χ3n) is 1.56. The molecule has 0 amide bonds. The lowest BCUT2D eigenvalue weighted by molar-refractivity contribution is -0.0677. The van der Waals surface area contributed by atoms with Crippen molar-refractivity contribution >= 4 is 6.29 Å². The summed E-state index contributed by atoms with van der Waals surface area (Å²) in [7, 11) is 0. The molecule has 0 bridgehead atoms. The molecule has 1 aromatic rings. The van der Waals surface area contributed by atoms with Gasteiger partial charge in [-0.1, -0.05) is 0 Å². The second-order valence-electron chi connectivity index (χ2n) is 2.65. The van der Waals surface area contributed by atoms with Crippen LogP contribution in [0.3, 0.4) is 0 Å². The number of ether oxygens (including phenoxy) is 1. The van der Waals surface area contributed by atoms with Crippen LogP contribution in [0.2, 0.25) is 0 Å². The lowest BCUT2D eigenvalue weighted by Crippen LogP contribution is -2.19. The molecule has 0 heterocycles. The summed E-state index contributed by atoms with van der Waals surface area (Å²) in [5.74, 6) is -1.00. The van der Waals surface area contributed by atoms with E-state index in [1.54, 1.807) is 0 Å². The minimum Gasteiger partial charge on any atom is -0.504 e. The Kier molecular flexibility index (Phi) is 3.54. The Labute approximate surface area is 83.1 Å². The van der Waals surface area contributed by atoms with E-state index in [-0.39, 0.29) is 5.56 Å². The molecule has 15 heavy (non-hydrogen) atoms. The predicted molar refractivity (Wildman–Crippen MR) is 45.0 cm³/mol. The van der Waals surface area contributed by atoms with E-state index in [2.05, 4.69) is 4.74 Å². The molecular weight excluding hydrogens is 213 g/mol. The number of carbonyl (C=O) groups is 1. The SMILES string of the molecule is O=Cc1ccc(OC(F)C(F)F)c(O)c1. The summed E-state index contributed by atoms with van der Waals surface area (Å²) >= 11 is 0. The van der Waals surface area contributed by atoms with E-state index in [0.717, 1.165) is 12.1 Å². The second-order valence-corrected chi connectivity index (χ2v) is 2.65. The number of aromatic hydroxyl groups is 1. The summed E-state index contributed by atoms with van der Waals surface area (Å²) in [5.41, 5.74) is 0.132. The van der Waals surface area contributed by atoms with Crippen LogP contribution in [-0.4, -0.2) is 24.2 Å². The van der Waals surface area contributed by atoms with Crippen LogP contribution in [0.15, 0.2) is 18.2 Å². The Morgan fingerprint density at radius 3 is 2.47 bits per heavy atom. The van der Waals surface area contributed by atoms with Gasteiger partial charge < -0.3 is 9.84 Å². The van der Waals surface area contributed by atoms with E-state index in [1.807, 2.05) is 0 Å². The zero-order chi connectivity index (χ0) is 11.4. The van der Waals surface area contributed by atoms with Gasteiger partial charge in [0.05, 0.1) is 0 Å². The van der Waals surface area contributed by atoms with Gasteiger partial charge in [0.2, 0.25) is 0 Å². The van der Waals surface area contributed by atoms with Crippen molar-refractivity contribution in [2.45, 2.75) is 12.8 Å². The molecule has 1 N–H and O–H groups in total. The van der Waals surface area contributed by atoms with Crippen molar-refractivity contribution in [3.05, 3.63) is 23.8 Å². The van der Waals surface area contributed by atoms with Crippen molar-refractivity contribution in [2.75, 3.05) is 0 Å². The third kappa shape index (κ3) is 2.87. The maximum absolute atomic E-state index is 12.4. The molecule has 6 heteroatoms. The molecule has 1 atom stereocenters. The van der Waals surface area contributed by atoms with Crippen molar-refractivity contribution in [1.29, 1.82) is 0 Å². The molecule has 0 fully saturated rings. The number of phenolic OH excluding ortho intramolecular Hbond substituents is 1. The Hall–Kier alpha value is -1.72. The Balaban J connectivity index is 2.82. The van der Waals surface area contributed by atoms with E-state index in [9.17, 15) is 18.0 Å². The molecule has 1 aromatic carbocycles. The molecule has 0 saturated carbocycles. The van der Waals surface area contributed by atoms with Gasteiger partial charge in [-0.25, -0.2) is 8.78 Å². The molecule has 0 aliphatic rings. The molecule has 0 radical (unpaired) electrons. The maximum Gasteiger partial charge on any atom is 0.304 e. The number of alkyl halides is 3. The molecule has 1 unspecified atom stereocenters. The van der Waals surface area contributed by atoms with Gasteiger partial charge in [0.1, 0.15) is 6.29 Å². The molecule has 3 nitrogen and oxygen atoms in total. The summed E-state index contributed by atoms with van der Waals surface area (Å²) in [6, 6.07) is 3.23. The number of aldehydes is 1. The Bertz CT molecular complexity index is 354. The topological polar surface area (TPSA) is 46.5 Å². The third-order valence-corrected chi connectivity index (χ3v) is 1.56. The van der Waals surface area contributed by atoms with E-state index < -0.39 is 24.3 Å². The van der Waals surface area contributed by atoms with E-state index in [1.165, 1.54) is 6.07 Å². The average molecular weight is 220 g/mol. The zero-order valence-corrected chi connectivity index (χ0v) is 7.36. The van der Waals surface area contributed by atoms with Crippen LogP contribution in [0.4, 0.5) is 13.2 Å². The standard InChI is InChI=1S/C9H7F3O3/c10-8(11)9(12)15-7-2-1-5(4-13)3-6(7)14/h1-4,8-9,14H. The average Bonchev–Trinajstić information content (AvgIpc) is 2.20. The van der Waals surface area contributed by atoms with Crippen LogP contribution in [0.1, 0.15) is 10.4 Å². The number of carbonyl (C=O) groups excluding carboxylic acids is 1. The molecule has 0 aromatic heterocycles. The van der Waals surface area contributed by atoms with Crippen LogP contribution in [0.25, 0.3) is 0 Å². The number of hydrogen-bond acceptors (Lipinski definition) is 3. The van der Waals surface area contributed by atoms with Gasteiger partial charge >= 0.3 is 6.43 Å². The second kappa shape index (κ2) is 4.68. The van der Waals surface area contributed by atoms with E-state index in [4.69, 9.17) is 5.11 Å². The summed E-state index contributed by atoms with van der Waals surface area (Å²) in [6.07, 6.45) is -5.66. The van der Waals surface area contributed by atoms with Crippen molar-refractivity contribution < 1.29 is 27.8 Å². The quantitative estimate of drug-likeness (QED) is 0.790. The minimum atomic E-state index is -3.30. The highest BCUT2D eigenvalue weighted by atomic mass is 19.3. The highest BCUT2D eigenvalue weighted by Gasteiger charge is 2.22. The molecule has 0 spiro atoms. The van der Waals surface area contributed by atoms with Crippen LogP contribution >= 0.6 is 0 Å². The normalized spacial score (nSPS) is 12.5. The minimum absolute atomic E-state index is 0.132. The molecular formula is C9H7F3O3. The van der Waals surface area contributed by atoms with Crippen molar-refractivity contribution in [3.8, 4) is 11.5 Å². The van der Waals surface area contributed by atoms with Gasteiger partial charge in [0.25, 0.3) is 6.36 Å². The van der Waals surface area contributed by atoms with Crippen LogP contribution in [0, 0.1) is 0 Å². The van der Waals surface area contributed by atoms with Gasteiger partial charge in [-0.15, -0.1) is 0 Å². The van der Waals surface area contributed by atoms with Crippen molar-refractivity contribution in [1.82, 2.24) is 0 Å². The Morgan fingerprint density at radius 1 is 1.33 bits per heavy atom. The largest absolute Gasteiger partial charge is 0.504 e. The highest BCUT2D eigenvalue weighted by molar-refractivity contribution is 5.76. The predicted octanol–water partition coefficient (Wildman–Crippen LogP) is 2.14. The zero-order valence-electron chi connectivity index (χ0n) is 7.36. The van der Waals surface area contributed by atoms with Gasteiger partial charge in [-0.2, -0.15) is 4.39 Å². The number of hydrogen-bond donors (Lipinski definition) is 1. The molecule has 0 aliphatic heterocycles. The van der Waals surface area contributed by atoms with Gasteiger partial charge in [0.15, 0.2) is 11.5 Å². The maximum atomic E-state index is 12.4. The summed E-state index contributed by atoms with van der Waals surface area (Å²) in [6.45, 7) is 0. The first kappa shape index (κ1) is 11.4. The monoisotopic (exact) mass is 220 g/mol. The number of rotatable bonds is 4. The van der Waals surface area contributed by atoms with Crippen LogP contribution in [0.5, 0.6) is 11.5 Å². The summed E-state index contributed by atoms with van der Waals surface area (Å²) < 4.78 is 40.1. The smallest absolute Gasteiger partial charge is 0.304 e. The van der Waals surface area contributed by atoms with Crippen molar-refractivity contribution in [2.24, 2.45) is 0 Å². The van der Waals surface area contributed by atoms with Crippen LogP contribution < -0.4 is 4.74 Å². The lowest BCUT2D eigenvalue weighted by Gasteiger charge is -2.11. The van der Waals surface area contributed by atoms with E-state index in [0.29, 0.717) is 6.29 Å². The number of benzene rings is 1. The molecule has 0 aliphatic carbocycles. The summed E-state index contributed by atoms with van der Waals surface area (Å²) in [4.78, 5) is 10.3. The van der Waals surface area contributed by atoms with Gasteiger partial charge in [0, 0.05) is 5.56 Å². The van der Waals surface area contributed by atoms with Gasteiger partial charge in [-0.05, 0) is 18.2 Å². The number of phenols is 1. The fraction of sp³-hybridized carbons (Fsp3) is 0.222. The fourth-order valence-electron chi connectivity index (χ4n) is 0.880. The summed E-state index contributed by atoms with van der Waals surface area (Å²) in [5, 5.41) is 9.16.